The second-order valence-corrected chi connectivity index (χ2v) is 7.65. The minimum Gasteiger partial charge on any atom is -0.366 e. The molecule has 3 N–H and O–H groups in total. The second-order valence-electron chi connectivity index (χ2n) is 5.71. The van der Waals surface area contributed by atoms with E-state index in [9.17, 15) is 18.0 Å². The Labute approximate surface area is 158 Å². The number of nitrogens with zero attached hydrogens (tertiary/aromatic N) is 2. The predicted molar refractivity (Wildman–Crippen MR) is 100 cm³/mol. The molecule has 0 aliphatic carbocycles. The molecular formula is C18H22N4O4S. The molecule has 144 valence electrons. The van der Waals surface area contributed by atoms with E-state index in [1.807, 2.05) is 0 Å². The van der Waals surface area contributed by atoms with Crippen LogP contribution in [0.1, 0.15) is 40.3 Å². The maximum atomic E-state index is 12.4. The number of pyridine rings is 1. The third-order valence-electron chi connectivity index (χ3n) is 4.00. The van der Waals surface area contributed by atoms with E-state index in [4.69, 9.17) is 5.73 Å². The SMILES string of the molecule is CCN(CC)S(=O)(=O)c1ccc(CNC(=O)c2ccc(C(N)=O)cn2)cc1. The molecule has 0 saturated heterocycles. The van der Waals surface area contributed by atoms with Crippen LogP contribution in [0.5, 0.6) is 0 Å². The zero-order valence-electron chi connectivity index (χ0n) is 15.2. The molecule has 1 aromatic carbocycles. The molecule has 0 bridgehead atoms. The van der Waals surface area contributed by atoms with Crippen molar-refractivity contribution in [3.63, 3.8) is 0 Å². The topological polar surface area (TPSA) is 122 Å². The lowest BCUT2D eigenvalue weighted by molar-refractivity contribution is 0.0943. The fourth-order valence-electron chi connectivity index (χ4n) is 2.44. The molecule has 2 rings (SSSR count). The summed E-state index contributed by atoms with van der Waals surface area (Å²) < 4.78 is 26.3. The second kappa shape index (κ2) is 8.74. The Morgan fingerprint density at radius 2 is 1.70 bits per heavy atom. The van der Waals surface area contributed by atoms with Crippen LogP contribution in [0.25, 0.3) is 0 Å². The highest BCUT2D eigenvalue weighted by Gasteiger charge is 2.21. The highest BCUT2D eigenvalue weighted by Crippen LogP contribution is 2.16. The number of sulfonamides is 1. The summed E-state index contributed by atoms with van der Waals surface area (Å²) in [6.45, 7) is 4.59. The zero-order chi connectivity index (χ0) is 20.0. The molecule has 0 aliphatic heterocycles. The predicted octanol–water partition coefficient (Wildman–Crippen LogP) is 1.14. The first-order valence-electron chi connectivity index (χ1n) is 8.42. The lowest BCUT2D eigenvalue weighted by atomic mass is 10.2. The molecule has 0 unspecified atom stereocenters. The van der Waals surface area contributed by atoms with Gasteiger partial charge in [-0.25, -0.2) is 8.42 Å². The molecule has 1 heterocycles. The van der Waals surface area contributed by atoms with Crippen molar-refractivity contribution in [2.75, 3.05) is 13.1 Å². The Morgan fingerprint density at radius 3 is 2.19 bits per heavy atom. The molecule has 0 atom stereocenters. The number of benzene rings is 1. The molecule has 2 amide bonds. The first kappa shape index (κ1) is 20.5. The van der Waals surface area contributed by atoms with Gasteiger partial charge in [0.15, 0.2) is 0 Å². The average molecular weight is 390 g/mol. The number of rotatable bonds is 8. The van der Waals surface area contributed by atoms with Gasteiger partial charge in [0, 0.05) is 25.8 Å². The van der Waals surface area contributed by atoms with Crippen LogP contribution in [0.3, 0.4) is 0 Å². The van der Waals surface area contributed by atoms with Gasteiger partial charge in [-0.05, 0) is 29.8 Å². The van der Waals surface area contributed by atoms with E-state index in [1.165, 1.54) is 34.8 Å². The summed E-state index contributed by atoms with van der Waals surface area (Å²) in [5.74, 6) is -1.03. The van der Waals surface area contributed by atoms with Crippen LogP contribution in [0.2, 0.25) is 0 Å². The molecule has 1 aromatic heterocycles. The van der Waals surface area contributed by atoms with Gasteiger partial charge in [0.05, 0.1) is 10.5 Å². The van der Waals surface area contributed by atoms with Crippen LogP contribution in [-0.4, -0.2) is 42.6 Å². The Balaban J connectivity index is 2.02. The van der Waals surface area contributed by atoms with Crippen molar-refractivity contribution >= 4 is 21.8 Å². The molecule has 0 saturated carbocycles. The van der Waals surface area contributed by atoms with Gasteiger partial charge in [-0.2, -0.15) is 4.31 Å². The van der Waals surface area contributed by atoms with Gasteiger partial charge in [-0.15, -0.1) is 0 Å². The minimum atomic E-state index is -3.51. The lowest BCUT2D eigenvalue weighted by Gasteiger charge is -2.18. The smallest absolute Gasteiger partial charge is 0.270 e. The van der Waals surface area contributed by atoms with Crippen molar-refractivity contribution < 1.29 is 18.0 Å². The van der Waals surface area contributed by atoms with Gasteiger partial charge in [-0.1, -0.05) is 26.0 Å². The molecule has 8 nitrogen and oxygen atoms in total. The number of carbonyl (C=O) groups excluding carboxylic acids is 2. The van der Waals surface area contributed by atoms with Gasteiger partial charge in [-0.3, -0.25) is 14.6 Å². The van der Waals surface area contributed by atoms with Crippen molar-refractivity contribution in [3.05, 3.63) is 59.4 Å². The Bertz CT molecular complexity index is 905. The summed E-state index contributed by atoms with van der Waals surface area (Å²) in [7, 11) is -3.51. The maximum absolute atomic E-state index is 12.4. The number of nitrogens with one attached hydrogen (secondary N) is 1. The van der Waals surface area contributed by atoms with Gasteiger partial charge in [0.1, 0.15) is 5.69 Å². The largest absolute Gasteiger partial charge is 0.366 e. The molecule has 27 heavy (non-hydrogen) atoms. The maximum Gasteiger partial charge on any atom is 0.270 e. The van der Waals surface area contributed by atoms with E-state index in [-0.39, 0.29) is 22.7 Å². The molecule has 9 heteroatoms. The van der Waals surface area contributed by atoms with Crippen molar-refractivity contribution in [2.45, 2.75) is 25.3 Å². The lowest BCUT2D eigenvalue weighted by Crippen LogP contribution is -2.30. The number of nitrogens with two attached hydrogens (primary N) is 1. The van der Waals surface area contributed by atoms with Gasteiger partial charge in [0.2, 0.25) is 15.9 Å². The Morgan fingerprint density at radius 1 is 1.07 bits per heavy atom. The van der Waals surface area contributed by atoms with E-state index < -0.39 is 21.8 Å². The third kappa shape index (κ3) is 4.89. The highest BCUT2D eigenvalue weighted by molar-refractivity contribution is 7.89. The summed E-state index contributed by atoms with van der Waals surface area (Å²) >= 11 is 0. The van der Waals surface area contributed by atoms with E-state index in [0.717, 1.165) is 5.56 Å². The number of aromatic nitrogens is 1. The van der Waals surface area contributed by atoms with Crippen LogP contribution in [0, 0.1) is 0 Å². The van der Waals surface area contributed by atoms with Crippen LogP contribution in [0.15, 0.2) is 47.5 Å². The fraction of sp³-hybridized carbons (Fsp3) is 0.278. The summed E-state index contributed by atoms with van der Waals surface area (Å²) in [5.41, 5.74) is 6.25. The van der Waals surface area contributed by atoms with E-state index in [2.05, 4.69) is 10.3 Å². The monoisotopic (exact) mass is 390 g/mol. The van der Waals surface area contributed by atoms with Crippen LogP contribution in [-0.2, 0) is 16.6 Å². The van der Waals surface area contributed by atoms with Crippen molar-refractivity contribution in [3.8, 4) is 0 Å². The molecular weight excluding hydrogens is 368 g/mol. The van der Waals surface area contributed by atoms with Crippen LogP contribution < -0.4 is 11.1 Å². The minimum absolute atomic E-state index is 0.153. The van der Waals surface area contributed by atoms with Crippen LogP contribution >= 0.6 is 0 Å². The first-order chi connectivity index (χ1) is 12.8. The molecule has 0 spiro atoms. The standard InChI is InChI=1S/C18H22N4O4S/c1-3-22(4-2)27(25,26)15-8-5-13(6-9-15)11-21-18(24)16-10-7-14(12-20-16)17(19)23/h5-10,12H,3-4,11H2,1-2H3,(H2,19,23)(H,21,24). The summed E-state index contributed by atoms with van der Waals surface area (Å²) in [6.07, 6.45) is 1.24. The van der Waals surface area contributed by atoms with Gasteiger partial charge in [0.25, 0.3) is 5.91 Å². The van der Waals surface area contributed by atoms with E-state index in [1.54, 1.807) is 26.0 Å². The van der Waals surface area contributed by atoms with E-state index in [0.29, 0.717) is 13.1 Å². The Hall–Kier alpha value is -2.78. The molecule has 0 radical (unpaired) electrons. The number of hydrogen-bond donors (Lipinski definition) is 2. The highest BCUT2D eigenvalue weighted by atomic mass is 32.2. The quantitative estimate of drug-likeness (QED) is 0.700. The number of primary amides is 1. The van der Waals surface area contributed by atoms with E-state index >= 15 is 0 Å². The zero-order valence-corrected chi connectivity index (χ0v) is 16.0. The van der Waals surface area contributed by atoms with Crippen LogP contribution in [0.4, 0.5) is 0 Å². The third-order valence-corrected chi connectivity index (χ3v) is 6.06. The van der Waals surface area contributed by atoms with Crippen molar-refractivity contribution in [1.29, 1.82) is 0 Å². The number of carbonyl (C=O) groups is 2. The number of hydrogen-bond acceptors (Lipinski definition) is 5. The summed E-state index contributed by atoms with van der Waals surface area (Å²) in [5, 5.41) is 2.69. The van der Waals surface area contributed by atoms with Crippen molar-refractivity contribution in [2.24, 2.45) is 5.73 Å². The van der Waals surface area contributed by atoms with Crippen molar-refractivity contribution in [1.82, 2.24) is 14.6 Å². The number of amides is 2. The van der Waals surface area contributed by atoms with Gasteiger partial charge < -0.3 is 11.1 Å². The molecule has 2 aromatic rings. The first-order valence-corrected chi connectivity index (χ1v) is 9.86. The summed E-state index contributed by atoms with van der Waals surface area (Å²) in [6, 6.07) is 9.19. The average Bonchev–Trinajstić information content (AvgIpc) is 2.67. The Kier molecular flexibility index (Phi) is 6.65. The summed E-state index contributed by atoms with van der Waals surface area (Å²) in [4.78, 5) is 27.2. The molecule has 0 fully saturated rings. The van der Waals surface area contributed by atoms with Gasteiger partial charge >= 0.3 is 0 Å². The molecule has 0 aliphatic rings. The fourth-order valence-corrected chi connectivity index (χ4v) is 3.90. The normalized spacial score (nSPS) is 11.4.